The highest BCUT2D eigenvalue weighted by atomic mass is 32.2. The van der Waals surface area contributed by atoms with Gasteiger partial charge in [0.1, 0.15) is 0 Å². The Kier molecular flexibility index (Phi) is 2.39. The van der Waals surface area contributed by atoms with Gasteiger partial charge in [-0.1, -0.05) is 6.92 Å². The van der Waals surface area contributed by atoms with Crippen molar-refractivity contribution in [1.82, 2.24) is 0 Å². The molecule has 12 heavy (non-hydrogen) atoms. The second kappa shape index (κ2) is 3.36. The molecule has 2 aliphatic rings. The van der Waals surface area contributed by atoms with Gasteiger partial charge >= 0.3 is 0 Å². The lowest BCUT2D eigenvalue weighted by molar-refractivity contribution is -0.151. The van der Waals surface area contributed by atoms with Crippen LogP contribution in [0.3, 0.4) is 0 Å². The summed E-state index contributed by atoms with van der Waals surface area (Å²) in [5.74, 6) is 1.14. The van der Waals surface area contributed by atoms with Crippen LogP contribution in [0.25, 0.3) is 0 Å². The molecule has 2 bridgehead atoms. The third-order valence-corrected chi connectivity index (χ3v) is 3.40. The standard InChI is InChI=1S/C8H12O3S/c1-2-12-7-3-5(9)8-10-4-6(7)11-8/h6-8H,2-4H2,1H3/t6-,7+,8-/m0/s1. The summed E-state index contributed by atoms with van der Waals surface area (Å²) in [5.41, 5.74) is 0. The van der Waals surface area contributed by atoms with Crippen molar-refractivity contribution in [3.63, 3.8) is 0 Å². The molecule has 0 aliphatic carbocycles. The lowest BCUT2D eigenvalue weighted by atomic mass is 10.1. The molecule has 2 fully saturated rings. The van der Waals surface area contributed by atoms with E-state index in [0.29, 0.717) is 18.3 Å². The van der Waals surface area contributed by atoms with Gasteiger partial charge in [-0.3, -0.25) is 4.79 Å². The minimum Gasteiger partial charge on any atom is -0.343 e. The van der Waals surface area contributed by atoms with Crippen molar-refractivity contribution in [2.75, 3.05) is 12.4 Å². The van der Waals surface area contributed by atoms with Crippen molar-refractivity contribution >= 4 is 17.5 Å². The van der Waals surface area contributed by atoms with E-state index in [9.17, 15) is 4.79 Å². The number of hydrogen-bond acceptors (Lipinski definition) is 4. The Balaban J connectivity index is 2.02. The van der Waals surface area contributed by atoms with Gasteiger partial charge in [0.15, 0.2) is 5.78 Å². The maximum Gasteiger partial charge on any atom is 0.218 e. The number of ketones is 1. The van der Waals surface area contributed by atoms with Gasteiger partial charge in [-0.25, -0.2) is 0 Å². The zero-order chi connectivity index (χ0) is 8.55. The summed E-state index contributed by atoms with van der Waals surface area (Å²) in [6.07, 6.45) is 0.231. The first-order valence-corrected chi connectivity index (χ1v) is 5.27. The number of rotatable bonds is 2. The topological polar surface area (TPSA) is 35.5 Å². The molecular weight excluding hydrogens is 176 g/mol. The summed E-state index contributed by atoms with van der Waals surface area (Å²) < 4.78 is 10.6. The second-order valence-corrected chi connectivity index (χ2v) is 4.52. The Morgan fingerprint density at radius 2 is 2.50 bits per heavy atom. The van der Waals surface area contributed by atoms with Gasteiger partial charge in [0.05, 0.1) is 12.7 Å². The van der Waals surface area contributed by atoms with Gasteiger partial charge in [-0.2, -0.15) is 11.8 Å². The van der Waals surface area contributed by atoms with E-state index in [-0.39, 0.29) is 11.9 Å². The van der Waals surface area contributed by atoms with Crippen LogP contribution in [0.15, 0.2) is 0 Å². The van der Waals surface area contributed by atoms with Gasteiger partial charge in [-0.05, 0) is 5.75 Å². The molecule has 2 aliphatic heterocycles. The molecule has 68 valence electrons. The minimum absolute atomic E-state index is 0.106. The van der Waals surface area contributed by atoms with Crippen molar-refractivity contribution in [3.05, 3.63) is 0 Å². The number of ether oxygens (including phenoxy) is 2. The summed E-state index contributed by atoms with van der Waals surface area (Å²) >= 11 is 1.79. The molecule has 0 aromatic rings. The van der Waals surface area contributed by atoms with E-state index in [1.54, 1.807) is 11.8 Å². The Hall–Kier alpha value is -0.0600. The van der Waals surface area contributed by atoms with Gasteiger partial charge in [0, 0.05) is 11.7 Å². The fraction of sp³-hybridized carbons (Fsp3) is 0.875. The van der Waals surface area contributed by atoms with Crippen molar-refractivity contribution < 1.29 is 14.3 Å². The number of hydrogen-bond donors (Lipinski definition) is 0. The molecule has 0 amide bonds. The van der Waals surface area contributed by atoms with Crippen LogP contribution in [0.2, 0.25) is 0 Å². The maximum atomic E-state index is 11.3. The van der Waals surface area contributed by atoms with Crippen LogP contribution in [-0.2, 0) is 14.3 Å². The van der Waals surface area contributed by atoms with E-state index in [1.807, 2.05) is 0 Å². The maximum absolute atomic E-state index is 11.3. The van der Waals surface area contributed by atoms with E-state index in [2.05, 4.69) is 6.92 Å². The highest BCUT2D eigenvalue weighted by Gasteiger charge is 2.42. The van der Waals surface area contributed by atoms with E-state index < -0.39 is 6.29 Å². The van der Waals surface area contributed by atoms with Crippen molar-refractivity contribution in [2.45, 2.75) is 31.0 Å². The largest absolute Gasteiger partial charge is 0.343 e. The van der Waals surface area contributed by atoms with E-state index in [4.69, 9.17) is 9.47 Å². The zero-order valence-electron chi connectivity index (χ0n) is 6.99. The van der Waals surface area contributed by atoms with Crippen molar-refractivity contribution in [2.24, 2.45) is 0 Å². The van der Waals surface area contributed by atoms with Crippen molar-refractivity contribution in [1.29, 1.82) is 0 Å². The van der Waals surface area contributed by atoms with Crippen LogP contribution < -0.4 is 0 Å². The van der Waals surface area contributed by atoms with Gasteiger partial charge in [-0.15, -0.1) is 0 Å². The number of carbonyl (C=O) groups excluding carboxylic acids is 1. The number of thioether (sulfide) groups is 1. The van der Waals surface area contributed by atoms with Gasteiger partial charge in [0.25, 0.3) is 0 Å². The van der Waals surface area contributed by atoms with Gasteiger partial charge in [0.2, 0.25) is 6.29 Å². The highest BCUT2D eigenvalue weighted by molar-refractivity contribution is 7.99. The average Bonchev–Trinajstić information content (AvgIpc) is 2.46. The minimum atomic E-state index is -0.538. The van der Waals surface area contributed by atoms with Crippen molar-refractivity contribution in [3.8, 4) is 0 Å². The molecule has 0 aromatic heterocycles. The lowest BCUT2D eigenvalue weighted by Gasteiger charge is -2.25. The molecule has 2 saturated heterocycles. The smallest absolute Gasteiger partial charge is 0.218 e. The van der Waals surface area contributed by atoms with Gasteiger partial charge < -0.3 is 9.47 Å². The number of carbonyl (C=O) groups is 1. The zero-order valence-corrected chi connectivity index (χ0v) is 7.80. The molecule has 0 unspecified atom stereocenters. The molecule has 0 aromatic carbocycles. The molecule has 3 nitrogen and oxygen atoms in total. The first kappa shape index (κ1) is 8.53. The molecule has 2 heterocycles. The number of Topliss-reactive ketones (excluding diaryl/α,β-unsaturated/α-hetero) is 1. The fourth-order valence-corrected chi connectivity index (χ4v) is 2.66. The second-order valence-electron chi connectivity index (χ2n) is 3.00. The summed E-state index contributed by atoms with van der Waals surface area (Å²) in [7, 11) is 0. The first-order valence-electron chi connectivity index (χ1n) is 4.22. The highest BCUT2D eigenvalue weighted by Crippen LogP contribution is 2.32. The van der Waals surface area contributed by atoms with Crippen LogP contribution in [0.5, 0.6) is 0 Å². The lowest BCUT2D eigenvalue weighted by Crippen LogP contribution is -2.37. The molecule has 0 radical (unpaired) electrons. The van der Waals surface area contributed by atoms with E-state index in [1.165, 1.54) is 0 Å². The first-order chi connectivity index (χ1) is 5.81. The van der Waals surface area contributed by atoms with E-state index in [0.717, 1.165) is 5.75 Å². The summed E-state index contributed by atoms with van der Waals surface area (Å²) in [5, 5.41) is 0.321. The Bertz CT molecular complexity index is 195. The third-order valence-electron chi connectivity index (χ3n) is 2.17. The quantitative estimate of drug-likeness (QED) is 0.643. The average molecular weight is 188 g/mol. The normalized spacial score (nSPS) is 40.4. The summed E-state index contributed by atoms with van der Waals surface area (Å²) in [6.45, 7) is 2.69. The molecule has 4 heteroatoms. The molecular formula is C8H12O3S. The Morgan fingerprint density at radius 3 is 3.25 bits per heavy atom. The SMILES string of the molecule is CCS[C@@H]1CC(=O)[C@H]2OC[C@@H]1O2. The van der Waals surface area contributed by atoms with Crippen LogP contribution >= 0.6 is 11.8 Å². The van der Waals surface area contributed by atoms with Crippen LogP contribution in [0.1, 0.15) is 13.3 Å². The number of fused-ring (bicyclic) bond motifs is 2. The van der Waals surface area contributed by atoms with Crippen LogP contribution in [-0.4, -0.2) is 35.8 Å². The fourth-order valence-electron chi connectivity index (χ4n) is 1.59. The Morgan fingerprint density at radius 1 is 1.67 bits per heavy atom. The van der Waals surface area contributed by atoms with Crippen LogP contribution in [0, 0.1) is 0 Å². The molecule has 0 N–H and O–H groups in total. The molecule has 0 spiro atoms. The summed E-state index contributed by atoms with van der Waals surface area (Å²) in [6, 6.07) is 0. The van der Waals surface area contributed by atoms with Crippen LogP contribution in [0.4, 0.5) is 0 Å². The summed E-state index contributed by atoms with van der Waals surface area (Å²) in [4.78, 5) is 11.3. The molecule has 0 saturated carbocycles. The predicted molar refractivity (Wildman–Crippen MR) is 46.2 cm³/mol. The predicted octanol–water partition coefficient (Wildman–Crippen LogP) is 0.822. The molecule has 3 atom stereocenters. The van der Waals surface area contributed by atoms with E-state index >= 15 is 0 Å². The Labute approximate surface area is 75.8 Å². The third kappa shape index (κ3) is 1.39. The monoisotopic (exact) mass is 188 g/mol. The molecule has 2 rings (SSSR count).